The van der Waals surface area contributed by atoms with E-state index in [4.69, 9.17) is 22.1 Å². The Morgan fingerprint density at radius 1 is 1.33 bits per heavy atom. The van der Waals surface area contributed by atoms with Crippen molar-refractivity contribution >= 4 is 27.3 Å². The molecule has 0 bridgehead atoms. The van der Waals surface area contributed by atoms with Crippen LogP contribution in [-0.4, -0.2) is 39.7 Å². The molecule has 0 spiro atoms. The maximum absolute atomic E-state index is 12.1. The first-order valence-electron chi connectivity index (χ1n) is 5.39. The van der Waals surface area contributed by atoms with E-state index >= 15 is 0 Å². The second-order valence-corrected chi connectivity index (χ2v) is 5.92. The van der Waals surface area contributed by atoms with E-state index in [0.29, 0.717) is 32.0 Å². The van der Waals surface area contributed by atoms with Crippen LogP contribution in [0.1, 0.15) is 0 Å². The Kier molecular flexibility index (Phi) is 4.08. The molecule has 0 unspecified atom stereocenters. The minimum Gasteiger partial charge on any atom is -0.399 e. The lowest BCUT2D eigenvalue weighted by Gasteiger charge is -2.26. The van der Waals surface area contributed by atoms with E-state index in [1.165, 1.54) is 12.1 Å². The molecule has 100 valence electrons. The monoisotopic (exact) mass is 291 g/mol. The molecule has 0 atom stereocenters. The first-order valence-corrected chi connectivity index (χ1v) is 7.25. The first-order chi connectivity index (χ1) is 8.49. The van der Waals surface area contributed by atoms with Crippen molar-refractivity contribution in [3.8, 4) is 0 Å². The zero-order valence-corrected chi connectivity index (χ0v) is 11.2. The van der Waals surface area contributed by atoms with Gasteiger partial charge >= 0.3 is 0 Å². The van der Waals surface area contributed by atoms with E-state index in [-0.39, 0.29) is 9.92 Å². The first kappa shape index (κ1) is 13.6. The quantitative estimate of drug-likeness (QED) is 0.790. The van der Waals surface area contributed by atoms with E-state index in [1.54, 1.807) is 11.1 Å². The number of ether oxygens (including phenoxy) is 1. The number of benzene rings is 1. The highest BCUT2D eigenvalue weighted by molar-refractivity contribution is 7.89. The summed E-state index contributed by atoms with van der Waals surface area (Å²) in [7, 11) is -3.70. The summed E-state index contributed by atoms with van der Waals surface area (Å²) in [6.45, 7) is 1.98. The smallest absolute Gasteiger partial charge is 0.255 e. The van der Waals surface area contributed by atoms with Crippen LogP contribution in [0.5, 0.6) is 0 Å². The SMILES string of the molecule is Nc1ccc(Cl)c(S(=O)(=O)NN2CCOCC2)c1. The van der Waals surface area contributed by atoms with Gasteiger partial charge in [-0.3, -0.25) is 0 Å². The topological polar surface area (TPSA) is 84.7 Å². The van der Waals surface area contributed by atoms with Crippen molar-refractivity contribution in [3.05, 3.63) is 23.2 Å². The minimum atomic E-state index is -3.70. The minimum absolute atomic E-state index is 0.0179. The Morgan fingerprint density at radius 2 is 2.00 bits per heavy atom. The third-order valence-electron chi connectivity index (χ3n) is 2.51. The molecule has 2 rings (SSSR count). The summed E-state index contributed by atoms with van der Waals surface area (Å²) < 4.78 is 29.4. The van der Waals surface area contributed by atoms with Crippen LogP contribution in [0.4, 0.5) is 5.69 Å². The molecule has 0 aromatic heterocycles. The summed E-state index contributed by atoms with van der Waals surface area (Å²) in [5.41, 5.74) is 5.92. The van der Waals surface area contributed by atoms with Crippen molar-refractivity contribution in [2.24, 2.45) is 0 Å². The van der Waals surface area contributed by atoms with E-state index < -0.39 is 10.0 Å². The number of hydrogen-bond donors (Lipinski definition) is 2. The average Bonchev–Trinajstić information content (AvgIpc) is 2.33. The highest BCUT2D eigenvalue weighted by Crippen LogP contribution is 2.23. The Hall–Kier alpha value is -0.860. The average molecular weight is 292 g/mol. The number of nitrogens with two attached hydrogens (primary N) is 1. The summed E-state index contributed by atoms with van der Waals surface area (Å²) in [5, 5.41) is 1.73. The van der Waals surface area contributed by atoms with Crippen molar-refractivity contribution in [2.45, 2.75) is 4.90 Å². The van der Waals surface area contributed by atoms with E-state index in [0.717, 1.165) is 0 Å². The number of hydrogen-bond acceptors (Lipinski definition) is 5. The third-order valence-corrected chi connectivity index (χ3v) is 4.36. The number of anilines is 1. The Bertz CT molecular complexity index is 529. The highest BCUT2D eigenvalue weighted by atomic mass is 35.5. The third kappa shape index (κ3) is 3.12. The van der Waals surface area contributed by atoms with Gasteiger partial charge in [0.05, 0.1) is 18.2 Å². The fourth-order valence-corrected chi connectivity index (χ4v) is 3.26. The van der Waals surface area contributed by atoms with Crippen molar-refractivity contribution in [1.82, 2.24) is 9.84 Å². The Morgan fingerprint density at radius 3 is 2.67 bits per heavy atom. The largest absolute Gasteiger partial charge is 0.399 e. The summed E-state index contributed by atoms with van der Waals surface area (Å²) in [6.07, 6.45) is 0. The second-order valence-electron chi connectivity index (χ2n) is 3.88. The van der Waals surface area contributed by atoms with Crippen LogP contribution in [0.15, 0.2) is 23.1 Å². The molecule has 18 heavy (non-hydrogen) atoms. The molecular formula is C10H14ClN3O3S. The summed E-state index contributed by atoms with van der Waals surface area (Å²) >= 11 is 5.88. The lowest BCUT2D eigenvalue weighted by molar-refractivity contribution is 0.0272. The van der Waals surface area contributed by atoms with E-state index in [1.807, 2.05) is 0 Å². The van der Waals surface area contributed by atoms with Gasteiger partial charge in [-0.25, -0.2) is 13.4 Å². The lowest BCUT2D eigenvalue weighted by Crippen LogP contribution is -2.48. The molecule has 1 fully saturated rings. The van der Waals surface area contributed by atoms with Crippen LogP contribution < -0.4 is 10.6 Å². The van der Waals surface area contributed by atoms with Gasteiger partial charge in [0.25, 0.3) is 10.0 Å². The van der Waals surface area contributed by atoms with Gasteiger partial charge in [-0.2, -0.15) is 0 Å². The van der Waals surface area contributed by atoms with Gasteiger partial charge in [-0.1, -0.05) is 11.6 Å². The van der Waals surface area contributed by atoms with Gasteiger partial charge < -0.3 is 10.5 Å². The van der Waals surface area contributed by atoms with Gasteiger partial charge in [0.15, 0.2) is 0 Å². The standard InChI is InChI=1S/C10H14ClN3O3S/c11-9-2-1-8(12)7-10(9)18(15,16)13-14-3-5-17-6-4-14/h1-2,7,13H,3-6,12H2. The molecule has 1 aromatic carbocycles. The molecule has 1 heterocycles. The van der Waals surface area contributed by atoms with E-state index in [9.17, 15) is 8.42 Å². The molecule has 3 N–H and O–H groups in total. The summed E-state index contributed by atoms with van der Waals surface area (Å²) in [5.74, 6) is 0. The molecule has 8 heteroatoms. The zero-order chi connectivity index (χ0) is 13.2. The fourth-order valence-electron chi connectivity index (χ4n) is 1.60. The molecule has 1 saturated heterocycles. The number of hydrazine groups is 1. The van der Waals surface area contributed by atoms with Gasteiger partial charge in [0, 0.05) is 18.8 Å². The maximum Gasteiger partial charge on any atom is 0.255 e. The summed E-state index contributed by atoms with van der Waals surface area (Å²) in [6, 6.07) is 4.35. The number of halogens is 1. The molecule has 1 aliphatic rings. The highest BCUT2D eigenvalue weighted by Gasteiger charge is 2.22. The number of nitrogen functional groups attached to an aromatic ring is 1. The van der Waals surface area contributed by atoms with Crippen molar-refractivity contribution in [1.29, 1.82) is 0 Å². The molecule has 1 aliphatic heterocycles. The lowest BCUT2D eigenvalue weighted by atomic mass is 10.3. The van der Waals surface area contributed by atoms with Gasteiger partial charge in [0.1, 0.15) is 4.90 Å². The molecule has 0 radical (unpaired) electrons. The van der Waals surface area contributed by atoms with Gasteiger partial charge in [-0.15, -0.1) is 4.83 Å². The number of nitrogens with zero attached hydrogens (tertiary/aromatic N) is 1. The molecular weight excluding hydrogens is 278 g/mol. The maximum atomic E-state index is 12.1. The van der Waals surface area contributed by atoms with Crippen LogP contribution in [0.25, 0.3) is 0 Å². The molecule has 1 aromatic rings. The van der Waals surface area contributed by atoms with Gasteiger partial charge in [0.2, 0.25) is 0 Å². The van der Waals surface area contributed by atoms with Gasteiger partial charge in [-0.05, 0) is 18.2 Å². The van der Waals surface area contributed by atoms with Crippen LogP contribution in [-0.2, 0) is 14.8 Å². The molecule has 6 nitrogen and oxygen atoms in total. The van der Waals surface area contributed by atoms with Crippen molar-refractivity contribution < 1.29 is 13.2 Å². The van der Waals surface area contributed by atoms with Crippen LogP contribution in [0.2, 0.25) is 5.02 Å². The van der Waals surface area contributed by atoms with E-state index in [2.05, 4.69) is 4.83 Å². The number of morpholine rings is 1. The van der Waals surface area contributed by atoms with Crippen LogP contribution >= 0.6 is 11.6 Å². The predicted molar refractivity (Wildman–Crippen MR) is 68.6 cm³/mol. The zero-order valence-electron chi connectivity index (χ0n) is 9.60. The number of rotatable bonds is 3. The predicted octanol–water partition coefficient (Wildman–Crippen LogP) is 0.448. The molecule has 0 amide bonds. The fraction of sp³-hybridized carbons (Fsp3) is 0.400. The Labute approximate surface area is 111 Å². The Balaban J connectivity index is 2.21. The number of nitrogens with one attached hydrogen (secondary N) is 1. The second kappa shape index (κ2) is 5.41. The van der Waals surface area contributed by atoms with Crippen LogP contribution in [0, 0.1) is 0 Å². The molecule has 0 aliphatic carbocycles. The number of sulfonamides is 1. The normalized spacial score (nSPS) is 17.8. The molecule has 0 saturated carbocycles. The van der Waals surface area contributed by atoms with Crippen molar-refractivity contribution in [2.75, 3.05) is 32.0 Å². The van der Waals surface area contributed by atoms with Crippen LogP contribution in [0.3, 0.4) is 0 Å². The summed E-state index contributed by atoms with van der Waals surface area (Å²) in [4.78, 5) is 2.45. The van der Waals surface area contributed by atoms with Crippen molar-refractivity contribution in [3.63, 3.8) is 0 Å².